The first-order chi connectivity index (χ1) is 10.0. The fourth-order valence-electron chi connectivity index (χ4n) is 2.15. The number of thiazole rings is 1. The lowest BCUT2D eigenvalue weighted by Crippen LogP contribution is -2.14. The van der Waals surface area contributed by atoms with E-state index < -0.39 is 0 Å². The molecule has 21 heavy (non-hydrogen) atoms. The molecule has 0 saturated carbocycles. The normalized spacial score (nSPS) is 11.8. The van der Waals surface area contributed by atoms with Crippen molar-refractivity contribution in [2.24, 2.45) is 0 Å². The summed E-state index contributed by atoms with van der Waals surface area (Å²) in [4.78, 5) is 4.73. The lowest BCUT2D eigenvalue weighted by atomic mass is 9.87. The molecule has 1 aromatic heterocycles. The fourth-order valence-corrected chi connectivity index (χ4v) is 2.98. The largest absolute Gasteiger partial charge is 0.311 e. The first-order valence-electron chi connectivity index (χ1n) is 7.76. The fraction of sp³-hybridized carbons (Fsp3) is 0.500. The molecule has 2 aromatic rings. The van der Waals surface area contributed by atoms with Crippen molar-refractivity contribution in [3.8, 4) is 10.6 Å². The first kappa shape index (κ1) is 16.2. The van der Waals surface area contributed by atoms with Crippen LogP contribution in [-0.4, -0.2) is 11.5 Å². The summed E-state index contributed by atoms with van der Waals surface area (Å²) in [6.07, 6.45) is 2.46. The molecule has 1 aromatic carbocycles. The van der Waals surface area contributed by atoms with Crippen LogP contribution >= 0.6 is 11.3 Å². The van der Waals surface area contributed by atoms with Crippen LogP contribution in [0.2, 0.25) is 0 Å². The molecule has 0 saturated heterocycles. The minimum atomic E-state index is 0.204. The zero-order valence-corrected chi connectivity index (χ0v) is 14.4. The predicted octanol–water partition coefficient (Wildman–Crippen LogP) is 5.00. The van der Waals surface area contributed by atoms with Gasteiger partial charge in [-0.25, -0.2) is 4.98 Å². The van der Waals surface area contributed by atoms with Crippen molar-refractivity contribution >= 4 is 11.3 Å². The van der Waals surface area contributed by atoms with Crippen molar-refractivity contribution in [2.45, 2.75) is 52.5 Å². The van der Waals surface area contributed by atoms with E-state index in [1.165, 1.54) is 24.0 Å². The van der Waals surface area contributed by atoms with Crippen LogP contribution in [0.4, 0.5) is 0 Å². The van der Waals surface area contributed by atoms with Gasteiger partial charge in [0.15, 0.2) is 0 Å². The monoisotopic (exact) mass is 302 g/mol. The van der Waals surface area contributed by atoms with Gasteiger partial charge in [-0.2, -0.15) is 0 Å². The molecule has 2 rings (SSSR count). The summed E-state index contributed by atoms with van der Waals surface area (Å²) in [5, 5.41) is 6.71. The highest BCUT2D eigenvalue weighted by atomic mass is 32.1. The summed E-state index contributed by atoms with van der Waals surface area (Å²) in [6, 6.07) is 8.81. The highest BCUT2D eigenvalue weighted by Crippen LogP contribution is 2.27. The molecule has 1 heterocycles. The summed E-state index contributed by atoms with van der Waals surface area (Å²) < 4.78 is 0. The van der Waals surface area contributed by atoms with E-state index in [1.54, 1.807) is 11.3 Å². The molecule has 3 heteroatoms. The second-order valence-electron chi connectivity index (χ2n) is 6.50. The second kappa shape index (κ2) is 7.19. The van der Waals surface area contributed by atoms with Crippen molar-refractivity contribution in [3.05, 3.63) is 40.9 Å². The quantitative estimate of drug-likeness (QED) is 0.760. The Labute approximate surface area is 132 Å². The van der Waals surface area contributed by atoms with Gasteiger partial charge < -0.3 is 5.32 Å². The van der Waals surface area contributed by atoms with Crippen LogP contribution in [0.15, 0.2) is 29.6 Å². The number of nitrogens with one attached hydrogen (secondary N) is 1. The van der Waals surface area contributed by atoms with Crippen molar-refractivity contribution in [2.75, 3.05) is 6.54 Å². The molecule has 0 aliphatic heterocycles. The number of rotatable bonds is 6. The van der Waals surface area contributed by atoms with Crippen LogP contribution in [0.25, 0.3) is 10.6 Å². The number of benzene rings is 1. The number of aromatic nitrogens is 1. The Morgan fingerprint density at radius 3 is 2.48 bits per heavy atom. The second-order valence-corrected chi connectivity index (χ2v) is 7.36. The molecule has 0 bridgehead atoms. The van der Waals surface area contributed by atoms with Gasteiger partial charge in [0, 0.05) is 17.5 Å². The lowest BCUT2D eigenvalue weighted by molar-refractivity contribution is 0.590. The van der Waals surface area contributed by atoms with Crippen LogP contribution in [-0.2, 0) is 12.0 Å². The van der Waals surface area contributed by atoms with Gasteiger partial charge in [0.1, 0.15) is 5.01 Å². The summed E-state index contributed by atoms with van der Waals surface area (Å²) in [6.45, 7) is 10.9. The van der Waals surface area contributed by atoms with Crippen LogP contribution < -0.4 is 5.32 Å². The third-order valence-corrected chi connectivity index (χ3v) is 4.50. The van der Waals surface area contributed by atoms with Gasteiger partial charge in [-0.3, -0.25) is 0 Å². The van der Waals surface area contributed by atoms with E-state index in [0.717, 1.165) is 23.8 Å². The summed E-state index contributed by atoms with van der Waals surface area (Å²) in [5.41, 5.74) is 3.93. The van der Waals surface area contributed by atoms with E-state index in [0.29, 0.717) is 0 Å². The van der Waals surface area contributed by atoms with Gasteiger partial charge in [-0.05, 0) is 23.9 Å². The van der Waals surface area contributed by atoms with Crippen LogP contribution in [0.5, 0.6) is 0 Å². The molecule has 2 nitrogen and oxygen atoms in total. The van der Waals surface area contributed by atoms with Crippen molar-refractivity contribution in [3.63, 3.8) is 0 Å². The maximum atomic E-state index is 4.73. The molecule has 0 atom stereocenters. The van der Waals surface area contributed by atoms with Gasteiger partial charge in [-0.1, -0.05) is 58.4 Å². The van der Waals surface area contributed by atoms with Crippen molar-refractivity contribution in [1.29, 1.82) is 0 Å². The zero-order valence-electron chi connectivity index (χ0n) is 13.6. The SMILES string of the molecule is CCCCNCc1csc(-c2ccc(C(C)(C)C)cc2)n1. The number of hydrogen-bond donors (Lipinski definition) is 1. The molecule has 0 unspecified atom stereocenters. The molecule has 0 amide bonds. The molecule has 0 aliphatic carbocycles. The molecule has 114 valence electrons. The van der Waals surface area contributed by atoms with Crippen LogP contribution in [0.3, 0.4) is 0 Å². The third kappa shape index (κ3) is 4.65. The summed E-state index contributed by atoms with van der Waals surface area (Å²) in [5.74, 6) is 0. The van der Waals surface area contributed by atoms with Gasteiger partial charge in [0.2, 0.25) is 0 Å². The topological polar surface area (TPSA) is 24.9 Å². The average molecular weight is 302 g/mol. The minimum absolute atomic E-state index is 0.204. The van der Waals surface area contributed by atoms with Gasteiger partial charge in [0.05, 0.1) is 5.69 Å². The lowest BCUT2D eigenvalue weighted by Gasteiger charge is -2.18. The molecule has 0 radical (unpaired) electrons. The molecule has 0 spiro atoms. The van der Waals surface area contributed by atoms with Crippen molar-refractivity contribution < 1.29 is 0 Å². The Hall–Kier alpha value is -1.19. The summed E-state index contributed by atoms with van der Waals surface area (Å²) in [7, 11) is 0. The highest BCUT2D eigenvalue weighted by molar-refractivity contribution is 7.13. The van der Waals surface area contributed by atoms with Gasteiger partial charge >= 0.3 is 0 Å². The predicted molar refractivity (Wildman–Crippen MR) is 92.9 cm³/mol. The zero-order chi connectivity index (χ0) is 15.3. The maximum absolute atomic E-state index is 4.73. The Morgan fingerprint density at radius 2 is 1.86 bits per heavy atom. The highest BCUT2D eigenvalue weighted by Gasteiger charge is 2.13. The van der Waals surface area contributed by atoms with Crippen LogP contribution in [0.1, 0.15) is 51.8 Å². The Balaban J connectivity index is 2.00. The Morgan fingerprint density at radius 1 is 1.14 bits per heavy atom. The third-order valence-electron chi connectivity index (χ3n) is 3.56. The Kier molecular flexibility index (Phi) is 5.54. The van der Waals surface area contributed by atoms with Crippen LogP contribution in [0, 0.1) is 0 Å². The molecule has 1 N–H and O–H groups in total. The van der Waals surface area contributed by atoms with Gasteiger partial charge in [-0.15, -0.1) is 11.3 Å². The van der Waals surface area contributed by atoms with E-state index in [2.05, 4.69) is 62.7 Å². The number of hydrogen-bond acceptors (Lipinski definition) is 3. The number of nitrogens with zero attached hydrogens (tertiary/aromatic N) is 1. The van der Waals surface area contributed by atoms with Crippen molar-refractivity contribution in [1.82, 2.24) is 10.3 Å². The first-order valence-corrected chi connectivity index (χ1v) is 8.64. The smallest absolute Gasteiger partial charge is 0.123 e. The molecular formula is C18H26N2S. The van der Waals surface area contributed by atoms with E-state index in [4.69, 9.17) is 4.98 Å². The molecule has 0 fully saturated rings. The molecule has 0 aliphatic rings. The summed E-state index contributed by atoms with van der Waals surface area (Å²) >= 11 is 1.73. The van der Waals surface area contributed by atoms with E-state index in [1.807, 2.05) is 0 Å². The standard InChI is InChI=1S/C18H26N2S/c1-5-6-11-19-12-16-13-21-17(20-16)14-7-9-15(10-8-14)18(2,3)4/h7-10,13,19H,5-6,11-12H2,1-4H3. The average Bonchev–Trinajstić information content (AvgIpc) is 2.92. The van der Waals surface area contributed by atoms with E-state index in [-0.39, 0.29) is 5.41 Å². The van der Waals surface area contributed by atoms with E-state index >= 15 is 0 Å². The van der Waals surface area contributed by atoms with E-state index in [9.17, 15) is 0 Å². The maximum Gasteiger partial charge on any atom is 0.123 e. The van der Waals surface area contributed by atoms with Gasteiger partial charge in [0.25, 0.3) is 0 Å². The Bertz CT molecular complexity index is 549. The minimum Gasteiger partial charge on any atom is -0.311 e. The molecular weight excluding hydrogens is 276 g/mol. The number of unbranched alkanes of at least 4 members (excludes halogenated alkanes) is 1.